The lowest BCUT2D eigenvalue weighted by atomic mass is 13.9. The minimum atomic E-state index is 0.0617. The lowest BCUT2D eigenvalue weighted by Gasteiger charge is -2.08. The second-order valence-electron chi connectivity index (χ2n) is 0.866. The third-order valence-corrected chi connectivity index (χ3v) is 9.99. The van der Waals surface area contributed by atoms with Crippen molar-refractivity contribution in [3.05, 3.63) is 0 Å². The van der Waals surface area contributed by atoms with E-state index in [1.54, 1.807) is 0 Å². The van der Waals surface area contributed by atoms with Crippen LogP contribution in [0.15, 0.2) is 0 Å². The number of hydrogen-bond acceptors (Lipinski definition) is 4. The molecule has 1 saturated heterocycles. The molecule has 1 fully saturated rings. The summed E-state index contributed by atoms with van der Waals surface area (Å²) in [5, 5.41) is 0. The average Bonchev–Trinajstić information content (AvgIpc) is 1.72. The van der Waals surface area contributed by atoms with E-state index in [9.17, 15) is 0 Å². The molecule has 0 bridgehead atoms. The maximum Gasteiger partial charge on any atom is 0.183 e. The highest BCUT2D eigenvalue weighted by molar-refractivity contribution is 8.32. The Hall–Kier alpha value is 1.05. The summed E-state index contributed by atoms with van der Waals surface area (Å²) in [7, 11) is 0.123. The van der Waals surface area contributed by atoms with Gasteiger partial charge >= 0.3 is 0 Å². The zero-order valence-corrected chi connectivity index (χ0v) is 7.69. The Balaban J connectivity index is 2.00. The van der Waals surface area contributed by atoms with Crippen molar-refractivity contribution in [3.63, 3.8) is 0 Å². The topological polar surface area (TPSA) is 24.1 Å². The molecule has 6 heteroatoms. The molecule has 0 aliphatic carbocycles. The summed E-state index contributed by atoms with van der Waals surface area (Å²) in [6, 6.07) is 0. The summed E-state index contributed by atoms with van der Waals surface area (Å²) >= 11 is 3.83. The van der Waals surface area contributed by atoms with Crippen LogP contribution in [0, 0.1) is 0 Å². The standard InChI is InChI=1S/H6N2S2Si2/c1-3-6-2-4-5-1/h1-2H,5-6H2. The van der Waals surface area contributed by atoms with Gasteiger partial charge in [-0.15, -0.1) is 22.8 Å². The molecule has 2 N–H and O–H groups in total. The van der Waals surface area contributed by atoms with E-state index in [1.807, 2.05) is 22.8 Å². The highest BCUT2D eigenvalue weighted by Crippen LogP contribution is 1.98. The van der Waals surface area contributed by atoms with Crippen LogP contribution in [0.4, 0.5) is 0 Å². The van der Waals surface area contributed by atoms with Gasteiger partial charge in [0.1, 0.15) is 0 Å². The summed E-state index contributed by atoms with van der Waals surface area (Å²) in [6.45, 7) is 0. The largest absolute Gasteiger partial charge is 0.284 e. The molecule has 0 saturated carbocycles. The second kappa shape index (κ2) is 3.11. The van der Waals surface area contributed by atoms with Gasteiger partial charge < -0.3 is 0 Å². The van der Waals surface area contributed by atoms with E-state index in [4.69, 9.17) is 0 Å². The van der Waals surface area contributed by atoms with Crippen LogP contribution in [0.3, 0.4) is 0 Å². The Morgan fingerprint density at radius 1 is 1.00 bits per heavy atom. The smallest absolute Gasteiger partial charge is 0.183 e. The molecule has 0 unspecified atom stereocenters. The van der Waals surface area contributed by atoms with Gasteiger partial charge in [-0.2, -0.15) is 0 Å². The van der Waals surface area contributed by atoms with Gasteiger partial charge in [0.2, 0.25) is 0 Å². The molecule has 1 rings (SSSR count). The van der Waals surface area contributed by atoms with E-state index in [0.717, 1.165) is 0 Å². The Labute approximate surface area is 49.6 Å². The molecule has 36 valence electrons. The monoisotopic (exact) mass is 154 g/mol. The normalized spacial score (nSPS) is 32.0. The van der Waals surface area contributed by atoms with E-state index in [2.05, 4.69) is 8.78 Å². The van der Waals surface area contributed by atoms with Crippen molar-refractivity contribution in [2.75, 3.05) is 0 Å². The molecular weight excluding hydrogens is 148 g/mol. The number of rotatable bonds is 0. The highest BCUT2D eigenvalue weighted by atomic mass is 32.4. The first-order valence-electron chi connectivity index (χ1n) is 1.69. The van der Waals surface area contributed by atoms with Gasteiger partial charge in [-0.3, -0.25) is 8.78 Å². The summed E-state index contributed by atoms with van der Waals surface area (Å²) in [6.07, 6.45) is 0. The predicted octanol–water partition coefficient (Wildman–Crippen LogP) is -1.53. The van der Waals surface area contributed by atoms with Crippen LogP contribution in [0.25, 0.3) is 0 Å². The summed E-state index contributed by atoms with van der Waals surface area (Å²) in [5.41, 5.74) is 0. The fourth-order valence-electron chi connectivity index (χ4n) is 0.244. The van der Waals surface area contributed by atoms with Gasteiger partial charge in [0.15, 0.2) is 17.7 Å². The average molecular weight is 154 g/mol. The van der Waals surface area contributed by atoms with Gasteiger partial charge in [0.05, 0.1) is 0 Å². The lowest BCUT2D eigenvalue weighted by Crippen LogP contribution is -2.25. The Kier molecular flexibility index (Phi) is 2.69. The van der Waals surface area contributed by atoms with Crippen LogP contribution < -0.4 is 8.78 Å². The van der Waals surface area contributed by atoms with Crippen molar-refractivity contribution in [2.24, 2.45) is 0 Å². The minimum Gasteiger partial charge on any atom is -0.284 e. The molecule has 2 nitrogen and oxygen atoms in total. The van der Waals surface area contributed by atoms with Crippen molar-refractivity contribution < 1.29 is 0 Å². The summed E-state index contributed by atoms with van der Waals surface area (Å²) < 4.78 is 6.60. The molecule has 1 aliphatic rings. The molecule has 0 radical (unpaired) electrons. The molecule has 1 aliphatic heterocycles. The first kappa shape index (κ1) is 5.20. The SMILES string of the molecule is N1[SiH2]SN[SiH2]S1. The molecule has 0 amide bonds. The Morgan fingerprint density at radius 3 is 1.67 bits per heavy atom. The van der Waals surface area contributed by atoms with Gasteiger partial charge in [0.25, 0.3) is 0 Å². The maximum atomic E-state index is 3.30. The van der Waals surface area contributed by atoms with E-state index >= 15 is 0 Å². The van der Waals surface area contributed by atoms with Crippen LogP contribution in [0.2, 0.25) is 0 Å². The highest BCUT2D eigenvalue weighted by Gasteiger charge is 1.95. The fraction of sp³-hybridized carbons (Fsp3) is 0. The van der Waals surface area contributed by atoms with Gasteiger partial charge in [-0.25, -0.2) is 0 Å². The van der Waals surface area contributed by atoms with Crippen LogP contribution in [0.1, 0.15) is 0 Å². The first-order valence-corrected chi connectivity index (χ1v) is 8.54. The third kappa shape index (κ3) is 1.67. The molecule has 0 atom stereocenters. The zero-order valence-electron chi connectivity index (χ0n) is 3.23. The van der Waals surface area contributed by atoms with Crippen LogP contribution in [-0.4, -0.2) is 17.7 Å². The predicted molar refractivity (Wildman–Crippen MR) is 38.5 cm³/mol. The van der Waals surface area contributed by atoms with E-state index < -0.39 is 0 Å². The first-order chi connectivity index (χ1) is 3.00. The molecule has 0 spiro atoms. The number of hydrogen-bond donors (Lipinski definition) is 2. The van der Waals surface area contributed by atoms with Gasteiger partial charge in [0, 0.05) is 0 Å². The second-order valence-corrected chi connectivity index (χ2v) is 7.79. The van der Waals surface area contributed by atoms with Crippen molar-refractivity contribution in [1.29, 1.82) is 0 Å². The quantitative estimate of drug-likeness (QED) is 0.327. The van der Waals surface area contributed by atoms with Crippen LogP contribution in [-0.2, 0) is 0 Å². The summed E-state index contributed by atoms with van der Waals surface area (Å²) in [4.78, 5) is 0. The molecule has 0 aromatic heterocycles. The van der Waals surface area contributed by atoms with Gasteiger partial charge in [-0.05, 0) is 0 Å². The lowest BCUT2D eigenvalue weighted by molar-refractivity contribution is 1.66. The Morgan fingerprint density at radius 2 is 1.50 bits per heavy atom. The van der Waals surface area contributed by atoms with Crippen LogP contribution >= 0.6 is 22.8 Å². The minimum absolute atomic E-state index is 0.0617. The molecule has 1 heterocycles. The molecular formula is H6N2S2Si2. The van der Waals surface area contributed by atoms with E-state index in [1.165, 1.54) is 0 Å². The van der Waals surface area contributed by atoms with E-state index in [0.29, 0.717) is 0 Å². The maximum absolute atomic E-state index is 3.30. The molecule has 0 aromatic rings. The third-order valence-electron chi connectivity index (χ3n) is 0.466. The summed E-state index contributed by atoms with van der Waals surface area (Å²) in [5.74, 6) is 0. The fourth-order valence-corrected chi connectivity index (χ4v) is 11.1. The van der Waals surface area contributed by atoms with Crippen LogP contribution in [0.5, 0.6) is 0 Å². The molecule has 0 aromatic carbocycles. The Bertz CT molecular complexity index is 25.0. The van der Waals surface area contributed by atoms with Crippen molar-refractivity contribution >= 4 is 40.5 Å². The zero-order chi connectivity index (χ0) is 4.24. The van der Waals surface area contributed by atoms with Crippen molar-refractivity contribution in [3.8, 4) is 0 Å². The van der Waals surface area contributed by atoms with Crippen molar-refractivity contribution in [1.82, 2.24) is 8.78 Å². The van der Waals surface area contributed by atoms with Crippen molar-refractivity contribution in [2.45, 2.75) is 0 Å². The molecule has 6 heavy (non-hydrogen) atoms. The number of nitrogens with one attached hydrogen (secondary N) is 2. The van der Waals surface area contributed by atoms with E-state index in [-0.39, 0.29) is 17.7 Å². The van der Waals surface area contributed by atoms with Gasteiger partial charge in [-0.1, -0.05) is 0 Å².